The first-order chi connectivity index (χ1) is 15.1. The van der Waals surface area contributed by atoms with Crippen LogP contribution in [0.3, 0.4) is 0 Å². The first kappa shape index (κ1) is 19.1. The van der Waals surface area contributed by atoms with Crippen LogP contribution in [0.15, 0.2) is 12.4 Å². The van der Waals surface area contributed by atoms with E-state index in [1.807, 2.05) is 6.92 Å². The molecule has 12 heteroatoms. The maximum absolute atomic E-state index is 14.9. The summed E-state index contributed by atoms with van der Waals surface area (Å²) in [6.45, 7) is -0.983. The zero-order chi connectivity index (χ0) is 23.7. The van der Waals surface area contributed by atoms with Crippen LogP contribution in [0, 0.1) is 17.1 Å². The van der Waals surface area contributed by atoms with E-state index in [-0.39, 0.29) is 17.9 Å². The summed E-state index contributed by atoms with van der Waals surface area (Å²) >= 11 is 0. The highest BCUT2D eigenvalue weighted by Crippen LogP contribution is 2.41. The average molecular weight is 425 g/mol. The minimum atomic E-state index is -3.12. The van der Waals surface area contributed by atoms with Crippen LogP contribution in [0.25, 0.3) is 5.52 Å². The predicted molar refractivity (Wildman–Crippen MR) is 98.7 cm³/mol. The van der Waals surface area contributed by atoms with E-state index in [2.05, 4.69) is 15.4 Å². The molecule has 1 amide bonds. The van der Waals surface area contributed by atoms with E-state index in [4.69, 9.17) is 12.2 Å². The van der Waals surface area contributed by atoms with Gasteiger partial charge in [0.1, 0.15) is 36.2 Å². The van der Waals surface area contributed by atoms with Gasteiger partial charge >= 0.3 is 6.09 Å². The Morgan fingerprint density at radius 3 is 2.97 bits per heavy atom. The van der Waals surface area contributed by atoms with Crippen LogP contribution in [-0.2, 0) is 15.1 Å². The quantitative estimate of drug-likeness (QED) is 0.461. The SMILES string of the molecule is [2H]C([2H])(O)[C@H]1O[C@@](C#N)(c2cc(F)c3c(NC(=O)OCCCCC)ncnn23)[C@H](O)[C@@H]1O. The van der Waals surface area contributed by atoms with Crippen molar-refractivity contribution in [1.82, 2.24) is 14.6 Å². The monoisotopic (exact) mass is 425 g/mol. The number of carbonyl (C=O) groups excluding carboxylic acids is 1. The summed E-state index contributed by atoms with van der Waals surface area (Å²) in [5.74, 6) is -1.29. The Kier molecular flexibility index (Phi) is 5.67. The summed E-state index contributed by atoms with van der Waals surface area (Å²) in [5, 5.41) is 46.1. The van der Waals surface area contributed by atoms with Gasteiger partial charge in [-0.1, -0.05) is 19.8 Å². The lowest BCUT2D eigenvalue weighted by Gasteiger charge is -2.24. The first-order valence-corrected chi connectivity index (χ1v) is 9.21. The van der Waals surface area contributed by atoms with Gasteiger partial charge in [-0.05, 0) is 6.42 Å². The number of aromatic nitrogens is 3. The van der Waals surface area contributed by atoms with E-state index in [0.29, 0.717) is 6.42 Å². The molecule has 30 heavy (non-hydrogen) atoms. The summed E-state index contributed by atoms with van der Waals surface area (Å²) in [5.41, 5.74) is -3.28. The van der Waals surface area contributed by atoms with Crippen LogP contribution in [0.4, 0.5) is 15.0 Å². The van der Waals surface area contributed by atoms with E-state index in [1.165, 1.54) is 0 Å². The van der Waals surface area contributed by atoms with Crippen molar-refractivity contribution < 1.29 is 36.7 Å². The number of hydrogen-bond donors (Lipinski definition) is 4. The fourth-order valence-electron chi connectivity index (χ4n) is 3.22. The number of nitriles is 1. The molecule has 0 spiro atoms. The van der Waals surface area contributed by atoms with Gasteiger partial charge in [-0.3, -0.25) is 5.32 Å². The van der Waals surface area contributed by atoms with Crippen molar-refractivity contribution in [1.29, 1.82) is 5.26 Å². The largest absolute Gasteiger partial charge is 0.449 e. The molecular formula is C18H22FN5O6. The highest BCUT2D eigenvalue weighted by Gasteiger charge is 2.57. The van der Waals surface area contributed by atoms with E-state index >= 15 is 0 Å². The standard InChI is InChI=1S/C18H22FN5O6/c1-2-3-4-5-29-17(28)23-16-13-10(19)6-12(24(13)22-9-21-16)18(8-20)15(27)14(26)11(7-25)30-18/h6,9,11,14-15,25-27H,2-5,7H2,1H3,(H,21,22,23,28)/t11-,14-,15-,18+/m1/s1/i7D2. The maximum atomic E-state index is 14.9. The molecule has 3 rings (SSSR count). The highest BCUT2D eigenvalue weighted by molar-refractivity contribution is 5.89. The lowest BCUT2D eigenvalue weighted by Crippen LogP contribution is -2.41. The molecule has 4 atom stereocenters. The van der Waals surface area contributed by atoms with Crippen molar-refractivity contribution in [2.75, 3.05) is 18.5 Å². The lowest BCUT2D eigenvalue weighted by atomic mass is 9.92. The molecule has 3 heterocycles. The third kappa shape index (κ3) is 3.68. The summed E-state index contributed by atoms with van der Waals surface area (Å²) in [4.78, 5) is 15.8. The third-order valence-electron chi connectivity index (χ3n) is 4.75. The average Bonchev–Trinajstić information content (AvgIpc) is 3.21. The Bertz CT molecular complexity index is 1040. The minimum absolute atomic E-state index is 0.149. The minimum Gasteiger partial charge on any atom is -0.449 e. The van der Waals surface area contributed by atoms with Gasteiger partial charge in [0.05, 0.1) is 21.6 Å². The summed E-state index contributed by atoms with van der Waals surface area (Å²) in [6, 6.07) is 2.39. The molecular weight excluding hydrogens is 401 g/mol. The number of ether oxygens (including phenoxy) is 2. The number of nitrogens with zero attached hydrogens (tertiary/aromatic N) is 4. The van der Waals surface area contributed by atoms with Crippen LogP contribution >= 0.6 is 0 Å². The normalized spacial score (nSPS) is 27.4. The van der Waals surface area contributed by atoms with Crippen LogP contribution in [-0.4, -0.2) is 67.5 Å². The Morgan fingerprint density at radius 2 is 2.33 bits per heavy atom. The summed E-state index contributed by atoms with van der Waals surface area (Å²) in [6.07, 6.45) is -3.60. The number of unbranched alkanes of at least 4 members (excludes halogenated alkanes) is 2. The van der Waals surface area contributed by atoms with E-state index in [9.17, 15) is 29.8 Å². The van der Waals surface area contributed by atoms with Gasteiger partial charge in [-0.25, -0.2) is 18.7 Å². The molecule has 1 aliphatic rings. The van der Waals surface area contributed by atoms with Gasteiger partial charge in [-0.15, -0.1) is 0 Å². The second-order valence-electron chi connectivity index (χ2n) is 6.67. The Hall–Kier alpha value is -2.85. The van der Waals surface area contributed by atoms with Gasteiger partial charge < -0.3 is 24.8 Å². The molecule has 0 aromatic carbocycles. The molecule has 2 aromatic heterocycles. The van der Waals surface area contributed by atoms with Crippen molar-refractivity contribution in [3.63, 3.8) is 0 Å². The number of rotatable bonds is 7. The van der Waals surface area contributed by atoms with Gasteiger partial charge in [0.25, 0.3) is 0 Å². The molecule has 4 N–H and O–H groups in total. The van der Waals surface area contributed by atoms with E-state index in [1.54, 1.807) is 6.07 Å². The fourth-order valence-corrected chi connectivity index (χ4v) is 3.22. The van der Waals surface area contributed by atoms with Gasteiger partial charge in [-0.2, -0.15) is 10.4 Å². The molecule has 1 aliphatic heterocycles. The number of nitrogens with one attached hydrogen (secondary N) is 1. The van der Waals surface area contributed by atoms with Crippen molar-refractivity contribution in [3.05, 3.63) is 23.9 Å². The number of anilines is 1. The number of aliphatic hydroxyl groups excluding tert-OH is 2. The Balaban J connectivity index is 1.98. The smallest absolute Gasteiger partial charge is 0.412 e. The van der Waals surface area contributed by atoms with Crippen molar-refractivity contribution in [2.45, 2.75) is 50.1 Å². The molecule has 0 bridgehead atoms. The molecule has 1 saturated heterocycles. The molecule has 162 valence electrons. The molecule has 2 aromatic rings. The van der Waals surface area contributed by atoms with Crippen LogP contribution in [0.2, 0.25) is 0 Å². The Labute approximate surface area is 173 Å². The first-order valence-electron chi connectivity index (χ1n) is 10.2. The number of carbonyl (C=O) groups is 1. The van der Waals surface area contributed by atoms with E-state index in [0.717, 1.165) is 29.8 Å². The van der Waals surface area contributed by atoms with Crippen molar-refractivity contribution >= 4 is 17.4 Å². The molecule has 11 nitrogen and oxygen atoms in total. The number of hydrogen-bond acceptors (Lipinski definition) is 9. The zero-order valence-electron chi connectivity index (χ0n) is 17.9. The topological polar surface area (TPSA) is 162 Å². The molecule has 0 radical (unpaired) electrons. The van der Waals surface area contributed by atoms with Crippen LogP contribution in [0.1, 0.15) is 34.6 Å². The highest BCUT2D eigenvalue weighted by atomic mass is 19.1. The van der Waals surface area contributed by atoms with Crippen LogP contribution < -0.4 is 5.32 Å². The zero-order valence-corrected chi connectivity index (χ0v) is 15.9. The molecule has 0 aliphatic carbocycles. The lowest BCUT2D eigenvalue weighted by molar-refractivity contribution is -0.0643. The van der Waals surface area contributed by atoms with Gasteiger partial charge in [0, 0.05) is 6.07 Å². The van der Waals surface area contributed by atoms with E-state index < -0.39 is 48.1 Å². The fraction of sp³-hybridized carbons (Fsp3) is 0.556. The van der Waals surface area contributed by atoms with Crippen LogP contribution in [0.5, 0.6) is 0 Å². The molecule has 0 saturated carbocycles. The van der Waals surface area contributed by atoms with Crippen molar-refractivity contribution in [2.24, 2.45) is 0 Å². The second-order valence-corrected chi connectivity index (χ2v) is 6.67. The number of fused-ring (bicyclic) bond motifs is 1. The molecule has 1 fully saturated rings. The van der Waals surface area contributed by atoms with Crippen molar-refractivity contribution in [3.8, 4) is 6.07 Å². The maximum Gasteiger partial charge on any atom is 0.412 e. The molecule has 0 unspecified atom stereocenters. The number of aliphatic hydroxyl groups is 3. The number of halogens is 1. The summed E-state index contributed by atoms with van der Waals surface area (Å²) < 4.78 is 40.7. The number of amides is 1. The van der Waals surface area contributed by atoms with Gasteiger partial charge in [0.2, 0.25) is 5.60 Å². The Morgan fingerprint density at radius 1 is 1.57 bits per heavy atom. The third-order valence-corrected chi connectivity index (χ3v) is 4.75. The van der Waals surface area contributed by atoms with Gasteiger partial charge in [0.15, 0.2) is 11.6 Å². The predicted octanol–water partition coefficient (Wildman–Crippen LogP) is 0.439. The summed E-state index contributed by atoms with van der Waals surface area (Å²) in [7, 11) is 0. The second kappa shape index (κ2) is 8.88.